The fourth-order valence-electron chi connectivity index (χ4n) is 0.935. The number of nitrogens with zero attached hydrogens (tertiary/aromatic N) is 1. The first kappa shape index (κ1) is 9.49. The van der Waals surface area contributed by atoms with Crippen LogP contribution >= 0.6 is 0 Å². The molecule has 0 aliphatic heterocycles. The Labute approximate surface area is 64.1 Å². The van der Waals surface area contributed by atoms with E-state index in [1.54, 1.807) is 0 Å². The van der Waals surface area contributed by atoms with E-state index in [4.69, 9.17) is 5.26 Å². The van der Waals surface area contributed by atoms with Crippen molar-refractivity contribution in [2.45, 2.75) is 34.6 Å². The minimum Gasteiger partial charge on any atom is -0.198 e. The van der Waals surface area contributed by atoms with Gasteiger partial charge in [0.15, 0.2) is 0 Å². The van der Waals surface area contributed by atoms with E-state index >= 15 is 0 Å². The molecule has 0 bridgehead atoms. The van der Waals surface area contributed by atoms with Crippen molar-refractivity contribution in [3.05, 3.63) is 0 Å². The average Bonchev–Trinajstić information content (AvgIpc) is 1.86. The SMILES string of the molecule is CC(C)[C@@H](C)C(C)(C)C#N. The van der Waals surface area contributed by atoms with E-state index in [1.807, 2.05) is 13.8 Å². The highest BCUT2D eigenvalue weighted by molar-refractivity contribution is 4.95. The van der Waals surface area contributed by atoms with Gasteiger partial charge in [0, 0.05) is 0 Å². The summed E-state index contributed by atoms with van der Waals surface area (Å²) >= 11 is 0. The van der Waals surface area contributed by atoms with E-state index in [2.05, 4.69) is 26.8 Å². The zero-order chi connectivity index (χ0) is 8.36. The lowest BCUT2D eigenvalue weighted by Gasteiger charge is -2.27. The molecule has 0 unspecified atom stereocenters. The number of rotatable bonds is 2. The molecule has 1 heteroatoms. The van der Waals surface area contributed by atoms with Crippen molar-refractivity contribution < 1.29 is 0 Å². The first-order valence-electron chi connectivity index (χ1n) is 3.83. The van der Waals surface area contributed by atoms with Crippen LogP contribution in [0.4, 0.5) is 0 Å². The minimum absolute atomic E-state index is 0.172. The lowest BCUT2D eigenvalue weighted by molar-refractivity contribution is 0.243. The van der Waals surface area contributed by atoms with Gasteiger partial charge in [-0.1, -0.05) is 20.8 Å². The lowest BCUT2D eigenvalue weighted by atomic mass is 9.75. The molecule has 0 rings (SSSR count). The summed E-state index contributed by atoms with van der Waals surface area (Å²) < 4.78 is 0. The molecule has 0 radical (unpaired) electrons. The van der Waals surface area contributed by atoms with Gasteiger partial charge in [-0.15, -0.1) is 0 Å². The summed E-state index contributed by atoms with van der Waals surface area (Å²) in [5.41, 5.74) is -0.172. The standard InChI is InChI=1S/C9H17N/c1-7(2)8(3)9(4,5)6-10/h7-8H,1-5H3/t8-/m1/s1. The molecular weight excluding hydrogens is 122 g/mol. The molecule has 0 spiro atoms. The maximum absolute atomic E-state index is 8.76. The Kier molecular flexibility index (Phi) is 2.90. The summed E-state index contributed by atoms with van der Waals surface area (Å²) in [6, 6.07) is 2.32. The van der Waals surface area contributed by atoms with Gasteiger partial charge >= 0.3 is 0 Å². The Bertz CT molecular complexity index is 139. The average molecular weight is 139 g/mol. The van der Waals surface area contributed by atoms with Crippen LogP contribution in [0.5, 0.6) is 0 Å². The van der Waals surface area contributed by atoms with Crippen LogP contribution in [0, 0.1) is 28.6 Å². The van der Waals surface area contributed by atoms with E-state index in [9.17, 15) is 0 Å². The molecule has 0 aromatic heterocycles. The Morgan fingerprint density at radius 1 is 1.20 bits per heavy atom. The van der Waals surface area contributed by atoms with E-state index < -0.39 is 0 Å². The van der Waals surface area contributed by atoms with Crippen molar-refractivity contribution in [2.24, 2.45) is 17.3 Å². The van der Waals surface area contributed by atoms with Crippen LogP contribution in [0.2, 0.25) is 0 Å². The number of hydrogen-bond acceptors (Lipinski definition) is 1. The summed E-state index contributed by atoms with van der Waals surface area (Å²) in [5, 5.41) is 8.76. The van der Waals surface area contributed by atoms with Crippen LogP contribution < -0.4 is 0 Å². The summed E-state index contributed by atoms with van der Waals surface area (Å²) in [7, 11) is 0. The van der Waals surface area contributed by atoms with Crippen molar-refractivity contribution in [1.29, 1.82) is 5.26 Å². The monoisotopic (exact) mass is 139 g/mol. The predicted molar refractivity (Wildman–Crippen MR) is 43.4 cm³/mol. The maximum atomic E-state index is 8.76. The molecule has 0 saturated heterocycles. The van der Waals surface area contributed by atoms with Gasteiger partial charge in [0.05, 0.1) is 11.5 Å². The van der Waals surface area contributed by atoms with E-state index in [1.165, 1.54) is 0 Å². The highest BCUT2D eigenvalue weighted by Gasteiger charge is 2.27. The van der Waals surface area contributed by atoms with Gasteiger partial charge in [-0.2, -0.15) is 5.26 Å². The quantitative estimate of drug-likeness (QED) is 0.577. The van der Waals surface area contributed by atoms with E-state index in [0.717, 1.165) is 0 Å². The van der Waals surface area contributed by atoms with Crippen LogP contribution in [-0.4, -0.2) is 0 Å². The molecule has 10 heavy (non-hydrogen) atoms. The maximum Gasteiger partial charge on any atom is 0.0686 e. The van der Waals surface area contributed by atoms with Gasteiger partial charge < -0.3 is 0 Å². The molecule has 0 fully saturated rings. The second-order valence-electron chi connectivity index (χ2n) is 3.87. The van der Waals surface area contributed by atoms with Gasteiger partial charge in [0.2, 0.25) is 0 Å². The Hall–Kier alpha value is -0.510. The van der Waals surface area contributed by atoms with Gasteiger partial charge in [-0.05, 0) is 25.7 Å². The summed E-state index contributed by atoms with van der Waals surface area (Å²) in [6.45, 7) is 10.4. The summed E-state index contributed by atoms with van der Waals surface area (Å²) in [5.74, 6) is 1.06. The lowest BCUT2D eigenvalue weighted by Crippen LogP contribution is -2.23. The largest absolute Gasteiger partial charge is 0.198 e. The Morgan fingerprint density at radius 2 is 1.60 bits per heavy atom. The molecule has 1 nitrogen and oxygen atoms in total. The molecule has 0 aliphatic carbocycles. The second-order valence-corrected chi connectivity index (χ2v) is 3.87. The van der Waals surface area contributed by atoms with Gasteiger partial charge in [0.25, 0.3) is 0 Å². The molecule has 0 N–H and O–H groups in total. The molecule has 0 aliphatic rings. The van der Waals surface area contributed by atoms with Gasteiger partial charge in [-0.3, -0.25) is 0 Å². The van der Waals surface area contributed by atoms with Crippen LogP contribution in [-0.2, 0) is 0 Å². The summed E-state index contributed by atoms with van der Waals surface area (Å²) in [6.07, 6.45) is 0. The van der Waals surface area contributed by atoms with Crippen molar-refractivity contribution in [3.63, 3.8) is 0 Å². The van der Waals surface area contributed by atoms with Crippen LogP contribution in [0.1, 0.15) is 34.6 Å². The molecule has 0 aromatic carbocycles. The molecule has 1 atom stereocenters. The molecular formula is C9H17N. The fraction of sp³-hybridized carbons (Fsp3) is 0.889. The van der Waals surface area contributed by atoms with Crippen LogP contribution in [0.15, 0.2) is 0 Å². The molecule has 0 saturated carbocycles. The highest BCUT2D eigenvalue weighted by atomic mass is 14.4. The van der Waals surface area contributed by atoms with Gasteiger partial charge in [0.1, 0.15) is 0 Å². The number of hydrogen-bond donors (Lipinski definition) is 0. The zero-order valence-corrected chi connectivity index (χ0v) is 7.60. The van der Waals surface area contributed by atoms with Crippen LogP contribution in [0.3, 0.4) is 0 Å². The Morgan fingerprint density at radius 3 is 1.70 bits per heavy atom. The molecule has 0 heterocycles. The highest BCUT2D eigenvalue weighted by Crippen LogP contribution is 2.30. The summed E-state index contributed by atoms with van der Waals surface area (Å²) in [4.78, 5) is 0. The molecule has 58 valence electrons. The van der Waals surface area contributed by atoms with Crippen molar-refractivity contribution in [3.8, 4) is 6.07 Å². The van der Waals surface area contributed by atoms with E-state index in [-0.39, 0.29) is 5.41 Å². The van der Waals surface area contributed by atoms with Gasteiger partial charge in [-0.25, -0.2) is 0 Å². The molecule has 0 aromatic rings. The smallest absolute Gasteiger partial charge is 0.0686 e. The predicted octanol–water partition coefficient (Wildman–Crippen LogP) is 2.83. The number of nitriles is 1. The molecule has 0 amide bonds. The van der Waals surface area contributed by atoms with E-state index in [0.29, 0.717) is 11.8 Å². The van der Waals surface area contributed by atoms with Crippen molar-refractivity contribution >= 4 is 0 Å². The van der Waals surface area contributed by atoms with Crippen molar-refractivity contribution in [1.82, 2.24) is 0 Å². The van der Waals surface area contributed by atoms with Crippen molar-refractivity contribution in [2.75, 3.05) is 0 Å². The zero-order valence-electron chi connectivity index (χ0n) is 7.60. The third-order valence-electron chi connectivity index (χ3n) is 2.43. The van der Waals surface area contributed by atoms with Crippen LogP contribution in [0.25, 0.3) is 0 Å². The Balaban J connectivity index is 4.22. The third kappa shape index (κ3) is 2.02. The third-order valence-corrected chi connectivity index (χ3v) is 2.43. The minimum atomic E-state index is -0.172. The second kappa shape index (κ2) is 3.05. The first-order valence-corrected chi connectivity index (χ1v) is 3.83. The normalized spacial score (nSPS) is 14.9. The first-order chi connectivity index (χ1) is 4.41. The fourth-order valence-corrected chi connectivity index (χ4v) is 0.935. The topological polar surface area (TPSA) is 23.8 Å².